The third-order valence-corrected chi connectivity index (χ3v) is 3.37. The quantitative estimate of drug-likeness (QED) is 0.744. The summed E-state index contributed by atoms with van der Waals surface area (Å²) in [6, 6.07) is 2.23. The molecule has 15 heavy (non-hydrogen) atoms. The molecule has 1 atom stereocenters. The Morgan fingerprint density at radius 2 is 2.20 bits per heavy atom. The maximum absolute atomic E-state index is 5.76. The van der Waals surface area contributed by atoms with Crippen molar-refractivity contribution < 1.29 is 4.74 Å². The van der Waals surface area contributed by atoms with Crippen molar-refractivity contribution in [2.24, 2.45) is 0 Å². The van der Waals surface area contributed by atoms with Crippen LogP contribution in [0.2, 0.25) is 0 Å². The summed E-state index contributed by atoms with van der Waals surface area (Å²) in [5.74, 6) is 0.744. The molecule has 0 aromatic carbocycles. The Morgan fingerprint density at radius 3 is 2.87 bits per heavy atom. The van der Waals surface area contributed by atoms with E-state index in [4.69, 9.17) is 4.74 Å². The monoisotopic (exact) mass is 206 g/mol. The molecule has 1 aliphatic heterocycles. The Morgan fingerprint density at radius 1 is 1.33 bits per heavy atom. The van der Waals surface area contributed by atoms with Gasteiger partial charge in [0.15, 0.2) is 0 Å². The van der Waals surface area contributed by atoms with Crippen LogP contribution in [0.5, 0.6) is 0 Å². The lowest BCUT2D eigenvalue weighted by molar-refractivity contribution is -0.0408. The van der Waals surface area contributed by atoms with Gasteiger partial charge in [0, 0.05) is 18.2 Å². The van der Waals surface area contributed by atoms with Gasteiger partial charge in [0.1, 0.15) is 6.23 Å². The molecular formula is C12H18N2O. The normalized spacial score (nSPS) is 26.9. The molecule has 2 heterocycles. The second-order valence-electron chi connectivity index (χ2n) is 4.75. The molecule has 2 aliphatic rings. The molecular weight excluding hydrogens is 188 g/mol. The summed E-state index contributed by atoms with van der Waals surface area (Å²) < 4.78 is 7.85. The third-order valence-electron chi connectivity index (χ3n) is 3.37. The molecule has 1 aliphatic carbocycles. The van der Waals surface area contributed by atoms with E-state index in [-0.39, 0.29) is 6.23 Å². The molecule has 1 aromatic heterocycles. The molecule has 0 spiro atoms. The average Bonchev–Trinajstić information content (AvgIpc) is 3.04. The molecule has 3 nitrogen and oxygen atoms in total. The zero-order valence-electron chi connectivity index (χ0n) is 9.28. The van der Waals surface area contributed by atoms with E-state index in [1.807, 2.05) is 0 Å². The number of aryl methyl sites for hydroxylation is 1. The Balaban J connectivity index is 1.82. The van der Waals surface area contributed by atoms with Crippen molar-refractivity contribution in [3.8, 4) is 0 Å². The average molecular weight is 206 g/mol. The van der Waals surface area contributed by atoms with Gasteiger partial charge in [-0.15, -0.1) is 0 Å². The number of rotatable bonds is 2. The fraction of sp³-hybridized carbons (Fsp3) is 0.750. The zero-order valence-corrected chi connectivity index (χ0v) is 9.28. The Labute approximate surface area is 90.4 Å². The van der Waals surface area contributed by atoms with Crippen molar-refractivity contribution in [2.45, 2.75) is 51.2 Å². The van der Waals surface area contributed by atoms with Crippen LogP contribution in [0, 0.1) is 6.92 Å². The number of hydrogen-bond acceptors (Lipinski definition) is 2. The van der Waals surface area contributed by atoms with Crippen LogP contribution in [0.15, 0.2) is 6.07 Å². The van der Waals surface area contributed by atoms with Gasteiger partial charge in [-0.25, -0.2) is 4.68 Å². The minimum absolute atomic E-state index is 0.200. The SMILES string of the molecule is Cc1cc(C2CC2)nn1C1CCCCO1. The molecule has 1 saturated heterocycles. The Kier molecular flexibility index (Phi) is 2.28. The highest BCUT2D eigenvalue weighted by atomic mass is 16.5. The largest absolute Gasteiger partial charge is 0.357 e. The second-order valence-corrected chi connectivity index (χ2v) is 4.75. The summed E-state index contributed by atoms with van der Waals surface area (Å²) >= 11 is 0. The predicted octanol–water partition coefficient (Wildman–Crippen LogP) is 2.77. The first-order valence-electron chi connectivity index (χ1n) is 6.02. The van der Waals surface area contributed by atoms with Crippen LogP contribution in [0.3, 0.4) is 0 Å². The fourth-order valence-corrected chi connectivity index (χ4v) is 2.30. The van der Waals surface area contributed by atoms with Gasteiger partial charge in [0.05, 0.1) is 5.69 Å². The van der Waals surface area contributed by atoms with E-state index < -0.39 is 0 Å². The number of hydrogen-bond donors (Lipinski definition) is 0. The molecule has 1 unspecified atom stereocenters. The van der Waals surface area contributed by atoms with Crippen LogP contribution in [0.4, 0.5) is 0 Å². The lowest BCUT2D eigenvalue weighted by Gasteiger charge is -2.23. The van der Waals surface area contributed by atoms with Crippen molar-refractivity contribution in [2.75, 3.05) is 6.61 Å². The predicted molar refractivity (Wildman–Crippen MR) is 57.8 cm³/mol. The molecule has 82 valence electrons. The lowest BCUT2D eigenvalue weighted by atomic mass is 10.2. The van der Waals surface area contributed by atoms with Crippen molar-refractivity contribution in [1.29, 1.82) is 0 Å². The van der Waals surface area contributed by atoms with Gasteiger partial charge < -0.3 is 4.74 Å². The number of ether oxygens (including phenoxy) is 1. The van der Waals surface area contributed by atoms with Crippen molar-refractivity contribution >= 4 is 0 Å². The Hall–Kier alpha value is -0.830. The third kappa shape index (κ3) is 1.81. The number of nitrogens with zero attached hydrogens (tertiary/aromatic N) is 2. The van der Waals surface area contributed by atoms with Crippen molar-refractivity contribution in [3.05, 3.63) is 17.5 Å². The zero-order chi connectivity index (χ0) is 10.3. The lowest BCUT2D eigenvalue weighted by Crippen LogP contribution is -2.20. The molecule has 3 heteroatoms. The minimum atomic E-state index is 0.200. The molecule has 0 radical (unpaired) electrons. The van der Waals surface area contributed by atoms with Crippen LogP contribution in [0.1, 0.15) is 55.6 Å². The number of aromatic nitrogens is 2. The van der Waals surface area contributed by atoms with Crippen LogP contribution >= 0.6 is 0 Å². The maximum Gasteiger partial charge on any atom is 0.150 e. The highest BCUT2D eigenvalue weighted by Crippen LogP contribution is 2.40. The summed E-state index contributed by atoms with van der Waals surface area (Å²) in [6.07, 6.45) is 6.43. The van der Waals surface area contributed by atoms with Gasteiger partial charge >= 0.3 is 0 Å². The van der Waals surface area contributed by atoms with Gasteiger partial charge in [-0.1, -0.05) is 0 Å². The smallest absolute Gasteiger partial charge is 0.150 e. The molecule has 3 rings (SSSR count). The topological polar surface area (TPSA) is 27.1 Å². The van der Waals surface area contributed by atoms with Crippen molar-refractivity contribution in [3.63, 3.8) is 0 Å². The summed E-state index contributed by atoms with van der Waals surface area (Å²) in [7, 11) is 0. The molecule has 2 fully saturated rings. The summed E-state index contributed by atoms with van der Waals surface area (Å²) in [4.78, 5) is 0. The first kappa shape index (κ1) is 9.40. The van der Waals surface area contributed by atoms with E-state index in [1.165, 1.54) is 37.1 Å². The molecule has 1 aromatic rings. The molecule has 1 saturated carbocycles. The molecule has 0 amide bonds. The van der Waals surface area contributed by atoms with E-state index in [0.717, 1.165) is 18.9 Å². The van der Waals surface area contributed by atoms with Crippen molar-refractivity contribution in [1.82, 2.24) is 9.78 Å². The fourth-order valence-electron chi connectivity index (χ4n) is 2.30. The molecule has 0 bridgehead atoms. The second kappa shape index (κ2) is 3.63. The van der Waals surface area contributed by atoms with E-state index in [1.54, 1.807) is 0 Å². The van der Waals surface area contributed by atoms with E-state index in [0.29, 0.717) is 0 Å². The van der Waals surface area contributed by atoms with Crippen LogP contribution in [-0.2, 0) is 4.74 Å². The van der Waals surface area contributed by atoms with Gasteiger partial charge in [0.25, 0.3) is 0 Å². The summed E-state index contributed by atoms with van der Waals surface area (Å²) in [5, 5.41) is 4.69. The van der Waals surface area contributed by atoms with E-state index in [2.05, 4.69) is 22.8 Å². The highest BCUT2D eigenvalue weighted by Gasteiger charge is 2.28. The summed E-state index contributed by atoms with van der Waals surface area (Å²) in [6.45, 7) is 3.03. The van der Waals surface area contributed by atoms with E-state index in [9.17, 15) is 0 Å². The minimum Gasteiger partial charge on any atom is -0.357 e. The standard InChI is InChI=1S/C12H18N2O/c1-9-8-11(10-5-6-10)13-14(9)12-4-2-3-7-15-12/h8,10,12H,2-7H2,1H3. The van der Waals surface area contributed by atoms with Gasteiger partial charge in [0.2, 0.25) is 0 Å². The van der Waals surface area contributed by atoms with Gasteiger partial charge in [-0.05, 0) is 45.1 Å². The highest BCUT2D eigenvalue weighted by molar-refractivity contribution is 5.18. The van der Waals surface area contributed by atoms with Crippen LogP contribution < -0.4 is 0 Å². The Bertz CT molecular complexity index is 349. The maximum atomic E-state index is 5.76. The first-order valence-corrected chi connectivity index (χ1v) is 6.02. The van der Waals surface area contributed by atoms with Gasteiger partial charge in [-0.2, -0.15) is 5.10 Å². The summed E-state index contributed by atoms with van der Waals surface area (Å²) in [5.41, 5.74) is 2.53. The van der Waals surface area contributed by atoms with Crippen LogP contribution in [0.25, 0.3) is 0 Å². The van der Waals surface area contributed by atoms with Crippen LogP contribution in [-0.4, -0.2) is 16.4 Å². The molecule has 0 N–H and O–H groups in total. The van der Waals surface area contributed by atoms with Gasteiger partial charge in [-0.3, -0.25) is 0 Å². The first-order chi connectivity index (χ1) is 7.34. The van der Waals surface area contributed by atoms with E-state index >= 15 is 0 Å².